The first-order valence-corrected chi connectivity index (χ1v) is 8.85. The Labute approximate surface area is 159 Å². The van der Waals surface area contributed by atoms with Crippen LogP contribution in [0.3, 0.4) is 0 Å². The molecule has 0 fully saturated rings. The van der Waals surface area contributed by atoms with Crippen molar-refractivity contribution in [3.8, 4) is 5.75 Å². The van der Waals surface area contributed by atoms with E-state index in [1.54, 1.807) is 29.4 Å². The van der Waals surface area contributed by atoms with Crippen molar-refractivity contribution in [3.05, 3.63) is 35.7 Å². The molecule has 0 atom stereocenters. The first-order valence-electron chi connectivity index (χ1n) is 8.85. The Hall–Kier alpha value is -2.91. The van der Waals surface area contributed by atoms with Crippen LogP contribution in [0, 0.1) is 0 Å². The largest absolute Gasteiger partial charge is 0.494 e. The third-order valence-corrected chi connectivity index (χ3v) is 3.78. The number of nitrogens with one attached hydrogen (secondary N) is 2. The molecule has 7 nitrogen and oxygen atoms in total. The van der Waals surface area contributed by atoms with Gasteiger partial charge in [0.1, 0.15) is 5.75 Å². The molecular weight excluding hydrogens is 377 g/mol. The van der Waals surface area contributed by atoms with Gasteiger partial charge in [-0.3, -0.25) is 20.0 Å². The van der Waals surface area contributed by atoms with E-state index >= 15 is 0 Å². The average Bonchev–Trinajstić information content (AvgIpc) is 3.13. The summed E-state index contributed by atoms with van der Waals surface area (Å²) in [5, 5.41) is 7.07. The summed E-state index contributed by atoms with van der Waals surface area (Å²) >= 11 is 0. The molecule has 1 aromatic carbocycles. The Balaban J connectivity index is 1.78. The molecule has 0 aliphatic rings. The summed E-state index contributed by atoms with van der Waals surface area (Å²) < 4.78 is 42.8. The SMILES string of the molecule is CCCCCOc1ccc(C(=O)CCC(=O)Nc2n[nH]c(C(F)(F)F)n2)cc1. The molecule has 1 amide bonds. The molecule has 0 radical (unpaired) electrons. The predicted molar refractivity (Wildman–Crippen MR) is 95.0 cm³/mol. The molecular formula is C18H21F3N4O3. The van der Waals surface area contributed by atoms with Crippen molar-refractivity contribution in [3.63, 3.8) is 0 Å². The van der Waals surface area contributed by atoms with Crippen LogP contribution in [0.1, 0.15) is 55.2 Å². The van der Waals surface area contributed by atoms with Gasteiger partial charge >= 0.3 is 6.18 Å². The van der Waals surface area contributed by atoms with Crippen LogP contribution in [-0.2, 0) is 11.0 Å². The number of anilines is 1. The second-order valence-electron chi connectivity index (χ2n) is 6.06. The van der Waals surface area contributed by atoms with Crippen molar-refractivity contribution in [2.45, 2.75) is 45.2 Å². The number of carbonyl (C=O) groups excluding carboxylic acids is 2. The van der Waals surface area contributed by atoms with Gasteiger partial charge in [0.25, 0.3) is 0 Å². The maximum Gasteiger partial charge on any atom is 0.451 e. The van der Waals surface area contributed by atoms with E-state index in [4.69, 9.17) is 4.74 Å². The smallest absolute Gasteiger partial charge is 0.451 e. The van der Waals surface area contributed by atoms with Crippen LogP contribution in [0.25, 0.3) is 0 Å². The zero-order valence-electron chi connectivity index (χ0n) is 15.3. The van der Waals surface area contributed by atoms with Gasteiger partial charge in [0.2, 0.25) is 17.7 Å². The fourth-order valence-corrected chi connectivity index (χ4v) is 2.28. The third-order valence-electron chi connectivity index (χ3n) is 3.78. The first kappa shape index (κ1) is 21.4. The maximum absolute atomic E-state index is 12.4. The van der Waals surface area contributed by atoms with Gasteiger partial charge in [-0.25, -0.2) is 0 Å². The number of ketones is 1. The van der Waals surface area contributed by atoms with Crippen LogP contribution in [0.15, 0.2) is 24.3 Å². The molecule has 152 valence electrons. The number of hydrogen-bond acceptors (Lipinski definition) is 5. The van der Waals surface area contributed by atoms with Gasteiger partial charge in [0.15, 0.2) is 5.78 Å². The molecule has 2 rings (SSSR count). The summed E-state index contributed by atoms with van der Waals surface area (Å²) in [6.45, 7) is 2.71. The summed E-state index contributed by atoms with van der Waals surface area (Å²) in [5.74, 6) is -2.06. The fraction of sp³-hybridized carbons (Fsp3) is 0.444. The zero-order valence-corrected chi connectivity index (χ0v) is 15.3. The Morgan fingerprint density at radius 2 is 1.86 bits per heavy atom. The van der Waals surface area contributed by atoms with Crippen LogP contribution in [-0.4, -0.2) is 33.5 Å². The minimum atomic E-state index is -4.68. The van der Waals surface area contributed by atoms with E-state index in [1.807, 2.05) is 0 Å². The molecule has 1 aromatic heterocycles. The van der Waals surface area contributed by atoms with Crippen molar-refractivity contribution in [2.75, 3.05) is 11.9 Å². The predicted octanol–water partition coefficient (Wildman–Crippen LogP) is 3.99. The van der Waals surface area contributed by atoms with Gasteiger partial charge < -0.3 is 4.74 Å². The average molecular weight is 398 g/mol. The highest BCUT2D eigenvalue weighted by atomic mass is 19.4. The zero-order chi connectivity index (χ0) is 20.6. The number of benzene rings is 1. The highest BCUT2D eigenvalue weighted by Crippen LogP contribution is 2.26. The van der Waals surface area contributed by atoms with Gasteiger partial charge in [0.05, 0.1) is 6.61 Å². The summed E-state index contributed by atoms with van der Waals surface area (Å²) in [7, 11) is 0. The number of nitrogens with zero attached hydrogens (tertiary/aromatic N) is 2. The molecule has 0 bridgehead atoms. The standard InChI is InChI=1S/C18H21F3N4O3/c1-2-3-4-11-28-13-7-5-12(6-8-13)14(26)9-10-15(27)22-17-23-16(24-25-17)18(19,20)21/h5-8H,2-4,9-11H2,1H3,(H2,22,23,24,25,27). The van der Waals surface area contributed by atoms with Crippen LogP contribution in [0.4, 0.5) is 19.1 Å². The lowest BCUT2D eigenvalue weighted by atomic mass is 10.1. The summed E-state index contributed by atoms with van der Waals surface area (Å²) in [4.78, 5) is 27.0. The summed E-state index contributed by atoms with van der Waals surface area (Å²) in [6.07, 6.45) is -1.84. The highest BCUT2D eigenvalue weighted by molar-refractivity contribution is 5.99. The quantitative estimate of drug-likeness (QED) is 0.466. The van der Waals surface area contributed by atoms with Crippen LogP contribution in [0.5, 0.6) is 5.75 Å². The number of carbonyl (C=O) groups is 2. The van der Waals surface area contributed by atoms with E-state index in [9.17, 15) is 22.8 Å². The Morgan fingerprint density at radius 3 is 2.46 bits per heavy atom. The van der Waals surface area contributed by atoms with Crippen molar-refractivity contribution in [1.29, 1.82) is 0 Å². The van der Waals surface area contributed by atoms with Gasteiger partial charge in [-0.1, -0.05) is 19.8 Å². The minimum Gasteiger partial charge on any atom is -0.494 e. The number of unbranched alkanes of at least 4 members (excludes halogenated alkanes) is 2. The number of alkyl halides is 3. The van der Waals surface area contributed by atoms with Crippen LogP contribution < -0.4 is 10.1 Å². The molecule has 2 aromatic rings. The number of amides is 1. The van der Waals surface area contributed by atoms with E-state index in [1.165, 1.54) is 0 Å². The minimum absolute atomic E-state index is 0.0981. The lowest BCUT2D eigenvalue weighted by Crippen LogP contribution is -2.15. The molecule has 0 saturated carbocycles. The number of hydrogen-bond donors (Lipinski definition) is 2. The van der Waals surface area contributed by atoms with E-state index in [-0.39, 0.29) is 18.6 Å². The number of Topliss-reactive ketones (excluding diaryl/α,β-unsaturated/α-hetero) is 1. The van der Waals surface area contributed by atoms with Crippen molar-refractivity contribution in [2.24, 2.45) is 0 Å². The normalized spacial score (nSPS) is 11.3. The van der Waals surface area contributed by atoms with Crippen molar-refractivity contribution >= 4 is 17.6 Å². The van der Waals surface area contributed by atoms with E-state index in [0.29, 0.717) is 17.9 Å². The number of H-pyrrole nitrogens is 1. The summed E-state index contributed by atoms with van der Waals surface area (Å²) in [5.41, 5.74) is 0.422. The Morgan fingerprint density at radius 1 is 1.14 bits per heavy atom. The lowest BCUT2D eigenvalue weighted by Gasteiger charge is -2.06. The highest BCUT2D eigenvalue weighted by Gasteiger charge is 2.35. The molecule has 10 heteroatoms. The van der Waals surface area contributed by atoms with Gasteiger partial charge in [0, 0.05) is 18.4 Å². The van der Waals surface area contributed by atoms with Crippen molar-refractivity contribution in [1.82, 2.24) is 15.2 Å². The second-order valence-corrected chi connectivity index (χ2v) is 6.06. The number of halogens is 3. The van der Waals surface area contributed by atoms with Gasteiger partial charge in [-0.2, -0.15) is 18.2 Å². The number of aromatic amines is 1. The fourth-order valence-electron chi connectivity index (χ4n) is 2.28. The van der Waals surface area contributed by atoms with Gasteiger partial charge in [-0.15, -0.1) is 5.10 Å². The van der Waals surface area contributed by atoms with Crippen LogP contribution in [0.2, 0.25) is 0 Å². The number of rotatable bonds is 10. The molecule has 1 heterocycles. The number of aromatic nitrogens is 3. The lowest BCUT2D eigenvalue weighted by molar-refractivity contribution is -0.144. The molecule has 0 saturated heterocycles. The number of ether oxygens (including phenoxy) is 1. The van der Waals surface area contributed by atoms with Crippen LogP contribution >= 0.6 is 0 Å². The molecule has 0 aliphatic heterocycles. The Kier molecular flexibility index (Phi) is 7.53. The topological polar surface area (TPSA) is 97.0 Å². The maximum atomic E-state index is 12.4. The van der Waals surface area contributed by atoms with E-state index in [2.05, 4.69) is 22.3 Å². The molecule has 0 aliphatic carbocycles. The molecule has 2 N–H and O–H groups in total. The van der Waals surface area contributed by atoms with E-state index < -0.39 is 23.9 Å². The summed E-state index contributed by atoms with van der Waals surface area (Å²) in [6, 6.07) is 6.59. The first-order chi connectivity index (χ1) is 13.3. The Bertz CT molecular complexity index is 788. The second kappa shape index (κ2) is 9.86. The third kappa shape index (κ3) is 6.67. The van der Waals surface area contributed by atoms with Crippen molar-refractivity contribution < 1.29 is 27.5 Å². The monoisotopic (exact) mass is 398 g/mol. The molecule has 28 heavy (non-hydrogen) atoms. The van der Waals surface area contributed by atoms with Gasteiger partial charge in [-0.05, 0) is 30.7 Å². The molecule has 0 unspecified atom stereocenters. The molecule has 0 spiro atoms. The van der Waals surface area contributed by atoms with E-state index in [0.717, 1.165) is 19.3 Å².